The second kappa shape index (κ2) is 7.59. The molecule has 1 aromatic rings. The van der Waals surface area contributed by atoms with Gasteiger partial charge in [0, 0.05) is 17.9 Å². The number of carbonyl (C=O) groups excluding carboxylic acids is 3. The van der Waals surface area contributed by atoms with Gasteiger partial charge in [-0.3, -0.25) is 9.59 Å². The molecule has 0 spiro atoms. The van der Waals surface area contributed by atoms with Crippen LogP contribution in [0.5, 0.6) is 5.75 Å². The molecule has 2 amide bonds. The maximum Gasteiger partial charge on any atom is 0.330 e. The van der Waals surface area contributed by atoms with Crippen LogP contribution in [-0.4, -0.2) is 52.6 Å². The standard InChI is InChI=1S/C18H21ClN2O5S/c1-10(16(23)20-11-4-5-14(25-3)12(19)8-11)26-17(24)13-9-27-18(2)7-6-15(22)21(13)18/h4-5,8,10,13H,6-7,9H2,1-3H3,(H,20,23)/t10-,13+,18+/m1/s1. The van der Waals surface area contributed by atoms with Crippen LogP contribution in [0.3, 0.4) is 0 Å². The monoisotopic (exact) mass is 412 g/mol. The Hall–Kier alpha value is -1.93. The number of benzene rings is 1. The van der Waals surface area contributed by atoms with Crippen LogP contribution in [0.1, 0.15) is 26.7 Å². The molecule has 0 aromatic heterocycles. The lowest BCUT2D eigenvalue weighted by atomic mass is 10.2. The van der Waals surface area contributed by atoms with Gasteiger partial charge in [0.25, 0.3) is 5.91 Å². The van der Waals surface area contributed by atoms with Crippen molar-refractivity contribution in [2.75, 3.05) is 18.2 Å². The Kier molecular flexibility index (Phi) is 5.58. The van der Waals surface area contributed by atoms with E-state index in [1.807, 2.05) is 6.92 Å². The minimum Gasteiger partial charge on any atom is -0.495 e. The van der Waals surface area contributed by atoms with Gasteiger partial charge in [-0.25, -0.2) is 4.79 Å². The van der Waals surface area contributed by atoms with Crippen molar-refractivity contribution in [2.24, 2.45) is 0 Å². The van der Waals surface area contributed by atoms with Gasteiger partial charge in [0.1, 0.15) is 11.8 Å². The summed E-state index contributed by atoms with van der Waals surface area (Å²) in [7, 11) is 1.50. The van der Waals surface area contributed by atoms with Crippen LogP contribution in [0, 0.1) is 0 Å². The number of fused-ring (bicyclic) bond motifs is 1. The first-order chi connectivity index (χ1) is 12.7. The van der Waals surface area contributed by atoms with E-state index in [1.165, 1.54) is 14.0 Å². The predicted molar refractivity (Wildman–Crippen MR) is 103 cm³/mol. The van der Waals surface area contributed by atoms with Crippen molar-refractivity contribution in [3.8, 4) is 5.75 Å². The summed E-state index contributed by atoms with van der Waals surface area (Å²) in [4.78, 5) is 38.2. The Bertz CT molecular complexity index is 789. The molecule has 2 heterocycles. The Morgan fingerprint density at radius 2 is 2.19 bits per heavy atom. The zero-order valence-electron chi connectivity index (χ0n) is 15.3. The molecule has 2 fully saturated rings. The number of rotatable bonds is 5. The van der Waals surface area contributed by atoms with Crippen molar-refractivity contribution in [3.05, 3.63) is 23.2 Å². The molecular weight excluding hydrogens is 392 g/mol. The first kappa shape index (κ1) is 19.8. The summed E-state index contributed by atoms with van der Waals surface area (Å²) in [6, 6.07) is 4.17. The van der Waals surface area contributed by atoms with E-state index in [0.29, 0.717) is 35.1 Å². The molecule has 2 aliphatic heterocycles. The number of ether oxygens (including phenoxy) is 2. The van der Waals surface area contributed by atoms with E-state index >= 15 is 0 Å². The third-order valence-electron chi connectivity index (χ3n) is 4.80. The summed E-state index contributed by atoms with van der Waals surface area (Å²) in [5.74, 6) is -0.119. The molecule has 1 N–H and O–H groups in total. The van der Waals surface area contributed by atoms with E-state index in [9.17, 15) is 14.4 Å². The van der Waals surface area contributed by atoms with Crippen LogP contribution in [0.15, 0.2) is 18.2 Å². The van der Waals surface area contributed by atoms with E-state index < -0.39 is 24.0 Å². The quantitative estimate of drug-likeness (QED) is 0.748. The van der Waals surface area contributed by atoms with Gasteiger partial charge in [0.05, 0.1) is 17.0 Å². The first-order valence-electron chi connectivity index (χ1n) is 8.56. The molecule has 0 bridgehead atoms. The van der Waals surface area contributed by atoms with Gasteiger partial charge in [0.2, 0.25) is 5.91 Å². The highest BCUT2D eigenvalue weighted by Gasteiger charge is 2.53. The van der Waals surface area contributed by atoms with Gasteiger partial charge in [-0.05, 0) is 38.5 Å². The van der Waals surface area contributed by atoms with Crippen LogP contribution in [-0.2, 0) is 19.1 Å². The predicted octanol–water partition coefficient (Wildman–Crippen LogP) is 2.67. The van der Waals surface area contributed by atoms with Gasteiger partial charge in [-0.2, -0.15) is 0 Å². The molecule has 1 aromatic carbocycles. The van der Waals surface area contributed by atoms with Crippen molar-refractivity contribution in [1.29, 1.82) is 0 Å². The van der Waals surface area contributed by atoms with Crippen LogP contribution in [0.4, 0.5) is 5.69 Å². The third-order valence-corrected chi connectivity index (χ3v) is 6.60. The Balaban J connectivity index is 1.60. The lowest BCUT2D eigenvalue weighted by Gasteiger charge is -2.29. The van der Waals surface area contributed by atoms with Crippen molar-refractivity contribution in [1.82, 2.24) is 4.90 Å². The fraction of sp³-hybridized carbons (Fsp3) is 0.500. The fourth-order valence-corrected chi connectivity index (χ4v) is 4.96. The molecule has 0 aliphatic carbocycles. The first-order valence-corrected chi connectivity index (χ1v) is 9.92. The molecule has 3 atom stereocenters. The second-order valence-corrected chi connectivity index (χ2v) is 8.59. The molecule has 2 aliphatic rings. The van der Waals surface area contributed by atoms with E-state index in [-0.39, 0.29) is 10.8 Å². The number of nitrogens with one attached hydrogen (secondary N) is 1. The summed E-state index contributed by atoms with van der Waals surface area (Å²) in [5, 5.41) is 3.01. The number of thioether (sulfide) groups is 1. The van der Waals surface area contributed by atoms with Gasteiger partial charge < -0.3 is 19.7 Å². The van der Waals surface area contributed by atoms with E-state index in [0.717, 1.165) is 0 Å². The highest BCUT2D eigenvalue weighted by Crippen LogP contribution is 2.47. The van der Waals surface area contributed by atoms with Gasteiger partial charge >= 0.3 is 5.97 Å². The van der Waals surface area contributed by atoms with Crippen molar-refractivity contribution < 1.29 is 23.9 Å². The molecule has 0 radical (unpaired) electrons. The number of carbonyl (C=O) groups is 3. The smallest absolute Gasteiger partial charge is 0.330 e. The normalized spacial score (nSPS) is 25.1. The molecular formula is C18H21ClN2O5S. The lowest BCUT2D eigenvalue weighted by molar-refractivity contribution is -0.160. The zero-order valence-corrected chi connectivity index (χ0v) is 16.9. The van der Waals surface area contributed by atoms with Crippen LogP contribution >= 0.6 is 23.4 Å². The number of methoxy groups -OCH3 is 1. The third kappa shape index (κ3) is 3.87. The molecule has 2 saturated heterocycles. The molecule has 27 heavy (non-hydrogen) atoms. The molecule has 7 nitrogen and oxygen atoms in total. The Labute approximate surface area is 166 Å². The molecule has 0 unspecified atom stereocenters. The molecule has 0 saturated carbocycles. The van der Waals surface area contributed by atoms with Gasteiger partial charge in [-0.1, -0.05) is 11.6 Å². The van der Waals surface area contributed by atoms with Crippen LogP contribution < -0.4 is 10.1 Å². The molecule has 146 valence electrons. The van der Waals surface area contributed by atoms with E-state index in [4.69, 9.17) is 21.1 Å². The number of hydrogen-bond acceptors (Lipinski definition) is 6. The highest BCUT2D eigenvalue weighted by molar-refractivity contribution is 8.01. The number of esters is 1. The lowest BCUT2D eigenvalue weighted by Crippen LogP contribution is -2.48. The summed E-state index contributed by atoms with van der Waals surface area (Å²) in [5.41, 5.74) is 0.465. The zero-order chi connectivity index (χ0) is 19.8. The van der Waals surface area contributed by atoms with Crippen LogP contribution in [0.25, 0.3) is 0 Å². The van der Waals surface area contributed by atoms with Crippen molar-refractivity contribution in [2.45, 2.75) is 43.7 Å². The molecule has 9 heteroatoms. The second-order valence-electron chi connectivity index (χ2n) is 6.68. The van der Waals surface area contributed by atoms with Gasteiger partial charge in [0.15, 0.2) is 6.10 Å². The summed E-state index contributed by atoms with van der Waals surface area (Å²) < 4.78 is 10.4. The van der Waals surface area contributed by atoms with E-state index in [1.54, 1.807) is 34.9 Å². The number of amides is 2. The minimum atomic E-state index is -1.01. The summed E-state index contributed by atoms with van der Waals surface area (Å²) in [6.07, 6.45) is 0.142. The number of nitrogens with zero attached hydrogens (tertiary/aromatic N) is 1. The van der Waals surface area contributed by atoms with E-state index in [2.05, 4.69) is 5.32 Å². The Morgan fingerprint density at radius 1 is 1.44 bits per heavy atom. The number of anilines is 1. The maximum absolute atomic E-state index is 12.5. The average molecular weight is 413 g/mol. The maximum atomic E-state index is 12.5. The Morgan fingerprint density at radius 3 is 2.85 bits per heavy atom. The summed E-state index contributed by atoms with van der Waals surface area (Å²) >= 11 is 7.62. The van der Waals surface area contributed by atoms with Crippen LogP contribution in [0.2, 0.25) is 5.02 Å². The number of hydrogen-bond donors (Lipinski definition) is 1. The van der Waals surface area contributed by atoms with Gasteiger partial charge in [-0.15, -0.1) is 11.8 Å². The highest BCUT2D eigenvalue weighted by atomic mass is 35.5. The van der Waals surface area contributed by atoms with Crippen molar-refractivity contribution in [3.63, 3.8) is 0 Å². The fourth-order valence-electron chi connectivity index (χ4n) is 3.29. The topological polar surface area (TPSA) is 84.9 Å². The molecule has 3 rings (SSSR count). The average Bonchev–Trinajstić information content (AvgIpc) is 3.11. The number of halogens is 1. The largest absolute Gasteiger partial charge is 0.495 e. The summed E-state index contributed by atoms with van der Waals surface area (Å²) in [6.45, 7) is 3.45. The van der Waals surface area contributed by atoms with Crippen molar-refractivity contribution >= 4 is 46.8 Å². The SMILES string of the molecule is COc1ccc(NC(=O)[C@@H](C)OC(=O)[C@@H]2CS[C@@]3(C)CCC(=O)N23)cc1Cl. The minimum absolute atomic E-state index is 0.0468.